The molecule has 0 saturated carbocycles. The Kier molecular flexibility index (Phi) is 21.0. The van der Waals surface area contributed by atoms with Gasteiger partial charge in [-0.3, -0.25) is 0 Å². The first-order valence-corrected chi connectivity index (χ1v) is 8.00. The molecule has 5 heteroatoms. The van der Waals surface area contributed by atoms with E-state index < -0.39 is 5.97 Å². The molecule has 0 aromatic carbocycles. The molecule has 4 nitrogen and oxygen atoms in total. The van der Waals surface area contributed by atoms with Gasteiger partial charge in [-0.15, -0.1) is 0 Å². The van der Waals surface area contributed by atoms with Crippen LogP contribution in [0.2, 0.25) is 0 Å². The summed E-state index contributed by atoms with van der Waals surface area (Å²) in [7, 11) is 3.92. The van der Waals surface area contributed by atoms with Gasteiger partial charge in [0.1, 0.15) is 6.54 Å². The first-order valence-electron chi connectivity index (χ1n) is 8.00. The van der Waals surface area contributed by atoms with Gasteiger partial charge in [0.25, 0.3) is 0 Å². The normalized spacial score (nSPS) is 10.6. The number of nitrogens with zero attached hydrogens (tertiary/aromatic N) is 1. The predicted molar refractivity (Wildman–Crippen MR) is 80.6 cm³/mol. The van der Waals surface area contributed by atoms with E-state index in [1.807, 2.05) is 14.1 Å². The maximum Gasteiger partial charge on any atom is 1.00 e. The number of unbranched alkanes of at least 4 members (excludes halogenated alkanes) is 9. The first-order chi connectivity index (χ1) is 8.98. The zero-order valence-electron chi connectivity index (χ0n) is 14.7. The molecule has 0 aromatic heterocycles. The van der Waals surface area contributed by atoms with Crippen molar-refractivity contribution in [2.75, 3.05) is 27.2 Å². The van der Waals surface area contributed by atoms with Crippen molar-refractivity contribution in [3.63, 3.8) is 0 Å². The van der Waals surface area contributed by atoms with E-state index in [2.05, 4.69) is 6.92 Å². The molecule has 0 unspecified atom stereocenters. The van der Waals surface area contributed by atoms with Crippen molar-refractivity contribution in [1.82, 2.24) is 0 Å². The molecular weight excluding hydrogens is 277 g/mol. The van der Waals surface area contributed by atoms with Crippen LogP contribution in [0, 0.1) is 0 Å². The van der Waals surface area contributed by atoms with Gasteiger partial charge in [-0.25, -0.2) is 0 Å². The molecule has 0 radical (unpaired) electrons. The zero-order valence-corrected chi connectivity index (χ0v) is 16.7. The van der Waals surface area contributed by atoms with E-state index in [0.717, 1.165) is 13.0 Å². The average Bonchev–Trinajstić information content (AvgIpc) is 2.30. The Morgan fingerprint density at radius 1 is 0.857 bits per heavy atom. The van der Waals surface area contributed by atoms with Gasteiger partial charge in [0.05, 0.1) is 26.6 Å². The van der Waals surface area contributed by atoms with E-state index in [-0.39, 0.29) is 41.6 Å². The van der Waals surface area contributed by atoms with Crippen molar-refractivity contribution in [2.45, 2.75) is 71.1 Å². The number of carbonyl (C=O) groups is 1. The molecule has 1 N–H and O–H groups in total. The summed E-state index contributed by atoms with van der Waals surface area (Å²) in [6.45, 7) is 3.31. The third kappa shape index (κ3) is 20.4. The number of carboxylic acids is 1. The number of hydrogen-bond acceptors (Lipinski definition) is 3. The second-order valence-corrected chi connectivity index (χ2v) is 6.37. The minimum absolute atomic E-state index is 0. The van der Waals surface area contributed by atoms with Crippen LogP contribution in [0.1, 0.15) is 71.1 Å². The SMILES string of the molecule is CCCCCCCCCCCC[N+](C)(C)CC(=O)[O-].[Na+].[OH-]. The Balaban J connectivity index is -0.00000162. The van der Waals surface area contributed by atoms with Gasteiger partial charge in [-0.1, -0.05) is 58.3 Å². The van der Waals surface area contributed by atoms with E-state index in [0.29, 0.717) is 4.48 Å². The Bertz CT molecular complexity index is 236. The van der Waals surface area contributed by atoms with Crippen LogP contribution in [0.3, 0.4) is 0 Å². The summed E-state index contributed by atoms with van der Waals surface area (Å²) in [5.74, 6) is -0.947. The fourth-order valence-electron chi connectivity index (χ4n) is 2.46. The Morgan fingerprint density at radius 3 is 1.62 bits per heavy atom. The summed E-state index contributed by atoms with van der Waals surface area (Å²) in [6, 6.07) is 0. The number of aliphatic carboxylic acids is 1. The number of likely N-dealkylation sites (N-methyl/N-ethyl adjacent to an activating group) is 1. The van der Waals surface area contributed by atoms with Crippen molar-refractivity contribution >= 4 is 5.97 Å². The molecule has 0 aliphatic carbocycles. The monoisotopic (exact) mass is 311 g/mol. The third-order valence-electron chi connectivity index (χ3n) is 3.67. The molecule has 21 heavy (non-hydrogen) atoms. The molecule has 0 amide bonds. The topological polar surface area (TPSA) is 70.1 Å². The molecule has 0 fully saturated rings. The fourth-order valence-corrected chi connectivity index (χ4v) is 2.46. The largest absolute Gasteiger partial charge is 1.00 e. The average molecular weight is 311 g/mol. The van der Waals surface area contributed by atoms with Crippen LogP contribution in [0.15, 0.2) is 0 Å². The molecule has 0 aliphatic heterocycles. The molecule has 0 atom stereocenters. The Hall–Kier alpha value is 0.390. The smallest absolute Gasteiger partial charge is 0.870 e. The molecule has 0 bridgehead atoms. The van der Waals surface area contributed by atoms with Gasteiger partial charge >= 0.3 is 29.6 Å². The second kappa shape index (κ2) is 16.8. The van der Waals surface area contributed by atoms with Gasteiger partial charge in [0, 0.05) is 0 Å². The Labute approximate surface area is 153 Å². The summed E-state index contributed by atoms with van der Waals surface area (Å²) >= 11 is 0. The molecule has 0 rings (SSSR count). The third-order valence-corrected chi connectivity index (χ3v) is 3.67. The first kappa shape index (κ1) is 26.3. The molecular formula is C16H34NNaO3. The number of rotatable bonds is 13. The summed E-state index contributed by atoms with van der Waals surface area (Å²) in [6.07, 6.45) is 13.2. The molecule has 0 saturated heterocycles. The molecule has 122 valence electrons. The van der Waals surface area contributed by atoms with E-state index in [1.54, 1.807) is 0 Å². The second-order valence-electron chi connectivity index (χ2n) is 6.37. The number of carbonyl (C=O) groups excluding carboxylic acids is 1. The van der Waals surface area contributed by atoms with Gasteiger partial charge in [0.2, 0.25) is 0 Å². The fraction of sp³-hybridized carbons (Fsp3) is 0.938. The number of quaternary nitrogens is 1. The summed E-state index contributed by atoms with van der Waals surface area (Å²) < 4.78 is 0.541. The summed E-state index contributed by atoms with van der Waals surface area (Å²) in [5.41, 5.74) is 0. The van der Waals surface area contributed by atoms with Crippen molar-refractivity contribution < 1.29 is 49.4 Å². The van der Waals surface area contributed by atoms with Gasteiger partial charge < -0.3 is 19.9 Å². The van der Waals surface area contributed by atoms with Crippen molar-refractivity contribution in [2.24, 2.45) is 0 Å². The molecule has 0 heterocycles. The van der Waals surface area contributed by atoms with Crippen LogP contribution >= 0.6 is 0 Å². The van der Waals surface area contributed by atoms with Crippen LogP contribution in [-0.4, -0.2) is 43.1 Å². The summed E-state index contributed by atoms with van der Waals surface area (Å²) in [4.78, 5) is 10.6. The molecule has 0 aliphatic rings. The number of carboxylic acid groups (broad SMARTS) is 1. The van der Waals surface area contributed by atoms with Crippen LogP contribution in [0.5, 0.6) is 0 Å². The molecule has 0 aromatic rings. The van der Waals surface area contributed by atoms with Crippen LogP contribution in [0.25, 0.3) is 0 Å². The van der Waals surface area contributed by atoms with Crippen LogP contribution in [-0.2, 0) is 4.79 Å². The Morgan fingerprint density at radius 2 is 1.24 bits per heavy atom. The van der Waals surface area contributed by atoms with Crippen molar-refractivity contribution in [3.8, 4) is 0 Å². The molecule has 0 spiro atoms. The maximum atomic E-state index is 10.6. The van der Waals surface area contributed by atoms with E-state index >= 15 is 0 Å². The quantitative estimate of drug-likeness (QED) is 0.263. The number of hydrogen-bond donors (Lipinski definition) is 0. The summed E-state index contributed by atoms with van der Waals surface area (Å²) in [5, 5.41) is 10.6. The van der Waals surface area contributed by atoms with Gasteiger partial charge in [-0.05, 0) is 12.8 Å². The maximum absolute atomic E-state index is 10.6. The van der Waals surface area contributed by atoms with Crippen molar-refractivity contribution in [1.29, 1.82) is 0 Å². The van der Waals surface area contributed by atoms with E-state index in [4.69, 9.17) is 0 Å². The van der Waals surface area contributed by atoms with E-state index in [1.165, 1.54) is 57.8 Å². The predicted octanol–water partition coefficient (Wildman–Crippen LogP) is -0.439. The zero-order chi connectivity index (χ0) is 14.6. The van der Waals surface area contributed by atoms with Gasteiger partial charge in [-0.2, -0.15) is 0 Å². The standard InChI is InChI=1S/C16H33NO2.Na.H2O/c1-4-5-6-7-8-9-10-11-12-13-14-17(2,3)15-16(18)19;;/h4-15H2,1-3H3;;1H2/q;+1;/p-1. The van der Waals surface area contributed by atoms with Gasteiger partial charge in [0.15, 0.2) is 0 Å². The van der Waals surface area contributed by atoms with Crippen LogP contribution in [0.4, 0.5) is 0 Å². The minimum atomic E-state index is -0.947. The minimum Gasteiger partial charge on any atom is -0.870 e. The van der Waals surface area contributed by atoms with Crippen LogP contribution < -0.4 is 34.7 Å². The van der Waals surface area contributed by atoms with E-state index in [9.17, 15) is 9.90 Å². The van der Waals surface area contributed by atoms with Crippen molar-refractivity contribution in [3.05, 3.63) is 0 Å².